The van der Waals surface area contributed by atoms with E-state index < -0.39 is 11.7 Å². The van der Waals surface area contributed by atoms with Crippen LogP contribution in [0.3, 0.4) is 0 Å². The lowest BCUT2D eigenvalue weighted by atomic mass is 10.0. The highest BCUT2D eigenvalue weighted by molar-refractivity contribution is 5.26. The molecule has 106 valence electrons. The SMILES string of the molecule is CC1(C)COC(Cc2cccc(C(F)(F)F)c2)CN1. The van der Waals surface area contributed by atoms with E-state index in [-0.39, 0.29) is 11.6 Å². The molecule has 2 nitrogen and oxygen atoms in total. The van der Waals surface area contributed by atoms with E-state index in [0.29, 0.717) is 25.1 Å². The largest absolute Gasteiger partial charge is 0.416 e. The summed E-state index contributed by atoms with van der Waals surface area (Å²) < 4.78 is 43.5. The molecule has 1 aromatic carbocycles. The Labute approximate surface area is 111 Å². The number of rotatable bonds is 2. The van der Waals surface area contributed by atoms with Gasteiger partial charge in [-0.05, 0) is 31.9 Å². The molecule has 1 aliphatic heterocycles. The predicted octanol–water partition coefficient (Wildman–Crippen LogP) is 3.01. The second-order valence-corrected chi connectivity index (χ2v) is 5.60. The lowest BCUT2D eigenvalue weighted by Crippen LogP contribution is -2.53. The molecule has 5 heteroatoms. The Morgan fingerprint density at radius 1 is 1.37 bits per heavy atom. The van der Waals surface area contributed by atoms with Crippen LogP contribution < -0.4 is 5.32 Å². The molecule has 19 heavy (non-hydrogen) atoms. The molecule has 1 atom stereocenters. The molecule has 1 N–H and O–H groups in total. The maximum atomic E-state index is 12.6. The molecule has 0 bridgehead atoms. The second-order valence-electron chi connectivity index (χ2n) is 5.60. The van der Waals surface area contributed by atoms with Crippen molar-refractivity contribution in [1.29, 1.82) is 0 Å². The number of hydrogen-bond acceptors (Lipinski definition) is 2. The van der Waals surface area contributed by atoms with Crippen molar-refractivity contribution < 1.29 is 17.9 Å². The minimum atomic E-state index is -4.29. The summed E-state index contributed by atoms with van der Waals surface area (Å²) in [5.41, 5.74) is -0.0138. The molecular weight excluding hydrogens is 255 g/mol. The summed E-state index contributed by atoms with van der Waals surface area (Å²) in [5, 5.41) is 3.33. The van der Waals surface area contributed by atoms with Crippen LogP contribution in [0.1, 0.15) is 25.0 Å². The summed E-state index contributed by atoms with van der Waals surface area (Å²) in [6, 6.07) is 5.44. The average molecular weight is 273 g/mol. The number of nitrogens with one attached hydrogen (secondary N) is 1. The normalized spacial score (nSPS) is 23.3. The Hall–Kier alpha value is -1.07. The molecule has 0 saturated carbocycles. The lowest BCUT2D eigenvalue weighted by Gasteiger charge is -2.36. The summed E-state index contributed by atoms with van der Waals surface area (Å²) in [6.07, 6.45) is -3.87. The van der Waals surface area contributed by atoms with Gasteiger partial charge in [0.15, 0.2) is 0 Å². The van der Waals surface area contributed by atoms with Crippen molar-refractivity contribution in [3.8, 4) is 0 Å². The molecule has 1 unspecified atom stereocenters. The van der Waals surface area contributed by atoms with Gasteiger partial charge in [-0.2, -0.15) is 13.2 Å². The molecule has 0 amide bonds. The van der Waals surface area contributed by atoms with Crippen LogP contribution in [0.4, 0.5) is 13.2 Å². The summed E-state index contributed by atoms with van der Waals surface area (Å²) in [7, 11) is 0. The van der Waals surface area contributed by atoms with Crippen molar-refractivity contribution >= 4 is 0 Å². The summed E-state index contributed by atoms with van der Waals surface area (Å²) in [5.74, 6) is 0. The molecule has 1 heterocycles. The molecular formula is C14H18F3NO. The zero-order chi connectivity index (χ0) is 14.1. The maximum Gasteiger partial charge on any atom is 0.416 e. The van der Waals surface area contributed by atoms with Crippen molar-refractivity contribution in [3.63, 3.8) is 0 Å². The standard InChI is InChI=1S/C14H18F3NO/c1-13(2)9-19-12(8-18-13)7-10-4-3-5-11(6-10)14(15,16)17/h3-6,12,18H,7-9H2,1-2H3. The van der Waals surface area contributed by atoms with Gasteiger partial charge in [-0.1, -0.05) is 18.2 Å². The summed E-state index contributed by atoms with van der Waals surface area (Å²) in [6.45, 7) is 5.29. The zero-order valence-electron chi connectivity index (χ0n) is 11.1. The van der Waals surface area contributed by atoms with E-state index in [9.17, 15) is 13.2 Å². The highest BCUT2D eigenvalue weighted by Crippen LogP contribution is 2.30. The van der Waals surface area contributed by atoms with Crippen LogP contribution in [-0.4, -0.2) is 24.8 Å². The van der Waals surface area contributed by atoms with Crippen molar-refractivity contribution in [2.24, 2.45) is 0 Å². The van der Waals surface area contributed by atoms with Gasteiger partial charge in [0.2, 0.25) is 0 Å². The molecule has 2 rings (SSSR count). The molecule has 1 aliphatic rings. The first-order chi connectivity index (χ1) is 8.76. The van der Waals surface area contributed by atoms with Gasteiger partial charge < -0.3 is 10.1 Å². The molecule has 1 fully saturated rings. The summed E-state index contributed by atoms with van der Waals surface area (Å²) >= 11 is 0. The van der Waals surface area contributed by atoms with Crippen LogP contribution in [-0.2, 0) is 17.3 Å². The van der Waals surface area contributed by atoms with Gasteiger partial charge in [0.1, 0.15) is 0 Å². The van der Waals surface area contributed by atoms with E-state index in [2.05, 4.69) is 5.32 Å². The molecule has 0 radical (unpaired) electrons. The van der Waals surface area contributed by atoms with Crippen LogP contribution >= 0.6 is 0 Å². The smallest absolute Gasteiger partial charge is 0.375 e. The Kier molecular flexibility index (Phi) is 3.87. The van der Waals surface area contributed by atoms with Crippen LogP contribution in [0.2, 0.25) is 0 Å². The van der Waals surface area contributed by atoms with Crippen LogP contribution in [0.5, 0.6) is 0 Å². The first-order valence-corrected chi connectivity index (χ1v) is 6.29. The first kappa shape index (κ1) is 14.3. The average Bonchev–Trinajstić information content (AvgIpc) is 2.31. The third-order valence-electron chi connectivity index (χ3n) is 3.21. The zero-order valence-corrected chi connectivity index (χ0v) is 11.1. The highest BCUT2D eigenvalue weighted by Gasteiger charge is 2.31. The van der Waals surface area contributed by atoms with Crippen LogP contribution in [0.25, 0.3) is 0 Å². The van der Waals surface area contributed by atoms with Crippen molar-refractivity contribution in [2.75, 3.05) is 13.2 Å². The van der Waals surface area contributed by atoms with Gasteiger partial charge in [0, 0.05) is 12.1 Å². The Morgan fingerprint density at radius 2 is 2.11 bits per heavy atom. The van der Waals surface area contributed by atoms with Crippen molar-refractivity contribution in [2.45, 2.75) is 38.1 Å². The number of morpholine rings is 1. The minimum Gasteiger partial charge on any atom is -0.375 e. The van der Waals surface area contributed by atoms with Gasteiger partial charge in [-0.25, -0.2) is 0 Å². The Morgan fingerprint density at radius 3 is 2.68 bits per heavy atom. The number of alkyl halides is 3. The monoisotopic (exact) mass is 273 g/mol. The fourth-order valence-electron chi connectivity index (χ4n) is 2.09. The first-order valence-electron chi connectivity index (χ1n) is 6.29. The van der Waals surface area contributed by atoms with Crippen LogP contribution in [0.15, 0.2) is 24.3 Å². The quantitative estimate of drug-likeness (QED) is 0.894. The van der Waals surface area contributed by atoms with Gasteiger partial charge in [-0.15, -0.1) is 0 Å². The fraction of sp³-hybridized carbons (Fsp3) is 0.571. The van der Waals surface area contributed by atoms with E-state index in [1.54, 1.807) is 6.07 Å². The van der Waals surface area contributed by atoms with E-state index >= 15 is 0 Å². The fourth-order valence-corrected chi connectivity index (χ4v) is 2.09. The van der Waals surface area contributed by atoms with Crippen LogP contribution in [0, 0.1) is 0 Å². The van der Waals surface area contributed by atoms with E-state index in [4.69, 9.17) is 4.74 Å². The van der Waals surface area contributed by atoms with E-state index in [1.165, 1.54) is 12.1 Å². The van der Waals surface area contributed by atoms with Gasteiger partial charge in [0.05, 0.1) is 18.3 Å². The molecule has 0 spiro atoms. The third kappa shape index (κ3) is 3.94. The Balaban J connectivity index is 2.00. The summed E-state index contributed by atoms with van der Waals surface area (Å²) in [4.78, 5) is 0. The number of halogens is 3. The third-order valence-corrected chi connectivity index (χ3v) is 3.21. The Bertz CT molecular complexity index is 433. The second kappa shape index (κ2) is 5.13. The van der Waals surface area contributed by atoms with Gasteiger partial charge >= 0.3 is 6.18 Å². The van der Waals surface area contributed by atoms with E-state index in [1.807, 2.05) is 13.8 Å². The molecule has 1 saturated heterocycles. The van der Waals surface area contributed by atoms with Gasteiger partial charge in [-0.3, -0.25) is 0 Å². The molecule has 0 aliphatic carbocycles. The topological polar surface area (TPSA) is 21.3 Å². The molecule has 1 aromatic rings. The number of hydrogen-bond donors (Lipinski definition) is 1. The van der Waals surface area contributed by atoms with Gasteiger partial charge in [0.25, 0.3) is 0 Å². The van der Waals surface area contributed by atoms with Crippen molar-refractivity contribution in [1.82, 2.24) is 5.32 Å². The maximum absolute atomic E-state index is 12.6. The highest BCUT2D eigenvalue weighted by atomic mass is 19.4. The minimum absolute atomic E-state index is 0.0652. The van der Waals surface area contributed by atoms with E-state index in [0.717, 1.165) is 6.07 Å². The number of ether oxygens (including phenoxy) is 1. The number of benzene rings is 1. The van der Waals surface area contributed by atoms with Crippen molar-refractivity contribution in [3.05, 3.63) is 35.4 Å². The molecule has 0 aromatic heterocycles. The predicted molar refractivity (Wildman–Crippen MR) is 67.0 cm³/mol. The lowest BCUT2D eigenvalue weighted by molar-refractivity contribution is -0.137.